The molecule has 1 heterocycles. The van der Waals surface area contributed by atoms with Crippen LogP contribution >= 0.6 is 24.8 Å². The van der Waals surface area contributed by atoms with Gasteiger partial charge in [-0.15, -0.1) is 24.8 Å². The van der Waals surface area contributed by atoms with Crippen LogP contribution < -0.4 is 15.4 Å². The lowest BCUT2D eigenvalue weighted by Crippen LogP contribution is -2.26. The number of ether oxygens (including phenoxy) is 1. The fourth-order valence-corrected chi connectivity index (χ4v) is 1.79. The lowest BCUT2D eigenvalue weighted by Gasteiger charge is -2.07. The number of amides is 1. The van der Waals surface area contributed by atoms with E-state index in [2.05, 4.69) is 15.6 Å². The van der Waals surface area contributed by atoms with Crippen LogP contribution in [0.4, 0.5) is 0 Å². The molecule has 0 fully saturated rings. The van der Waals surface area contributed by atoms with Gasteiger partial charge in [0.25, 0.3) is 5.91 Å². The number of carbonyl (C=O) groups is 1. The lowest BCUT2D eigenvalue weighted by atomic mass is 10.2. The molecule has 2 N–H and O–H groups in total. The molecule has 0 aliphatic carbocycles. The summed E-state index contributed by atoms with van der Waals surface area (Å²) in [4.78, 5) is 15.9. The fourth-order valence-electron chi connectivity index (χ4n) is 1.79. The second-order valence-electron chi connectivity index (χ2n) is 4.53. The first-order valence-corrected chi connectivity index (χ1v) is 6.90. The summed E-state index contributed by atoms with van der Waals surface area (Å²) < 4.78 is 5.62. The summed E-state index contributed by atoms with van der Waals surface area (Å²) >= 11 is 0. The van der Waals surface area contributed by atoms with Crippen molar-refractivity contribution in [2.75, 3.05) is 20.1 Å². The normalized spacial score (nSPS) is 9.26. The van der Waals surface area contributed by atoms with E-state index in [4.69, 9.17) is 4.74 Å². The van der Waals surface area contributed by atoms with Crippen molar-refractivity contribution in [3.63, 3.8) is 0 Å². The number of hydrogen-bond donors (Lipinski definition) is 2. The number of pyridine rings is 1. The maximum atomic E-state index is 11.9. The number of nitrogens with one attached hydrogen (secondary N) is 2. The van der Waals surface area contributed by atoms with Crippen molar-refractivity contribution in [1.29, 1.82) is 0 Å². The molecule has 0 radical (unpaired) electrons. The Hall–Kier alpha value is -1.82. The zero-order valence-corrected chi connectivity index (χ0v) is 14.5. The topological polar surface area (TPSA) is 63.2 Å². The monoisotopic (exact) mass is 357 g/mol. The van der Waals surface area contributed by atoms with Gasteiger partial charge in [-0.2, -0.15) is 0 Å². The summed E-state index contributed by atoms with van der Waals surface area (Å²) in [5, 5.41) is 5.91. The van der Waals surface area contributed by atoms with Gasteiger partial charge in [-0.3, -0.25) is 9.78 Å². The highest BCUT2D eigenvalue weighted by Gasteiger charge is 2.05. The van der Waals surface area contributed by atoms with E-state index in [1.54, 1.807) is 36.7 Å². The van der Waals surface area contributed by atoms with E-state index in [1.807, 2.05) is 19.2 Å². The Balaban J connectivity index is 0.00000242. The first-order valence-electron chi connectivity index (χ1n) is 6.90. The summed E-state index contributed by atoms with van der Waals surface area (Å²) in [6.45, 7) is 1.55. The van der Waals surface area contributed by atoms with Gasteiger partial charge in [-0.05, 0) is 56.4 Å². The van der Waals surface area contributed by atoms with Crippen LogP contribution in [0.5, 0.6) is 11.5 Å². The largest absolute Gasteiger partial charge is 0.456 e. The molecule has 7 heteroatoms. The summed E-state index contributed by atoms with van der Waals surface area (Å²) in [6.07, 6.45) is 4.24. The Morgan fingerprint density at radius 3 is 2.43 bits per heavy atom. The molecule has 0 aliphatic rings. The van der Waals surface area contributed by atoms with E-state index in [0.29, 0.717) is 23.6 Å². The van der Waals surface area contributed by atoms with Crippen LogP contribution in [-0.2, 0) is 0 Å². The third-order valence-corrected chi connectivity index (χ3v) is 2.88. The van der Waals surface area contributed by atoms with Gasteiger partial charge in [0.2, 0.25) is 0 Å². The van der Waals surface area contributed by atoms with E-state index in [-0.39, 0.29) is 30.7 Å². The quantitative estimate of drug-likeness (QED) is 0.747. The number of rotatable bonds is 7. The number of nitrogens with zero attached hydrogens (tertiary/aromatic N) is 1. The SMILES string of the molecule is CNCCCNC(=O)c1ccc(Oc2cccnc2)cc1.Cl.Cl. The van der Waals surface area contributed by atoms with Crippen LogP contribution in [0, 0.1) is 0 Å². The molecule has 1 aromatic carbocycles. The van der Waals surface area contributed by atoms with Crippen LogP contribution in [0.2, 0.25) is 0 Å². The average molecular weight is 358 g/mol. The van der Waals surface area contributed by atoms with Gasteiger partial charge in [0.05, 0.1) is 6.20 Å². The van der Waals surface area contributed by atoms with Gasteiger partial charge < -0.3 is 15.4 Å². The van der Waals surface area contributed by atoms with Crippen molar-refractivity contribution in [1.82, 2.24) is 15.6 Å². The van der Waals surface area contributed by atoms with Crippen molar-refractivity contribution < 1.29 is 9.53 Å². The molecule has 0 spiro atoms. The third-order valence-electron chi connectivity index (χ3n) is 2.88. The molecule has 23 heavy (non-hydrogen) atoms. The molecule has 0 bridgehead atoms. The Morgan fingerprint density at radius 1 is 1.09 bits per heavy atom. The third kappa shape index (κ3) is 7.32. The predicted molar refractivity (Wildman–Crippen MR) is 96.1 cm³/mol. The fraction of sp³-hybridized carbons (Fsp3) is 0.250. The van der Waals surface area contributed by atoms with Gasteiger partial charge in [0.1, 0.15) is 11.5 Å². The lowest BCUT2D eigenvalue weighted by molar-refractivity contribution is 0.0953. The van der Waals surface area contributed by atoms with Crippen LogP contribution in [0.1, 0.15) is 16.8 Å². The van der Waals surface area contributed by atoms with Gasteiger partial charge in [-0.1, -0.05) is 0 Å². The van der Waals surface area contributed by atoms with Crippen molar-refractivity contribution in [2.45, 2.75) is 6.42 Å². The summed E-state index contributed by atoms with van der Waals surface area (Å²) in [6, 6.07) is 10.7. The predicted octanol–water partition coefficient (Wildman–Crippen LogP) is 3.06. The zero-order valence-electron chi connectivity index (χ0n) is 12.8. The molecule has 126 valence electrons. The highest BCUT2D eigenvalue weighted by molar-refractivity contribution is 5.94. The van der Waals surface area contributed by atoms with E-state index >= 15 is 0 Å². The number of benzene rings is 1. The molecule has 5 nitrogen and oxygen atoms in total. The van der Waals surface area contributed by atoms with Gasteiger partial charge in [-0.25, -0.2) is 0 Å². The first-order chi connectivity index (χ1) is 10.3. The second-order valence-corrected chi connectivity index (χ2v) is 4.53. The van der Waals surface area contributed by atoms with Gasteiger partial charge in [0, 0.05) is 18.3 Å². The second kappa shape index (κ2) is 11.7. The molecule has 2 rings (SSSR count). The number of carbonyl (C=O) groups excluding carboxylic acids is 1. The van der Waals surface area contributed by atoms with Gasteiger partial charge in [0.15, 0.2) is 0 Å². The Bertz CT molecular complexity index is 565. The molecule has 0 aliphatic heterocycles. The minimum absolute atomic E-state index is 0. The molecular formula is C16H21Cl2N3O2. The summed E-state index contributed by atoms with van der Waals surface area (Å²) in [7, 11) is 1.89. The maximum absolute atomic E-state index is 11.9. The van der Waals surface area contributed by atoms with E-state index in [9.17, 15) is 4.79 Å². The molecular weight excluding hydrogens is 337 g/mol. The minimum Gasteiger partial charge on any atom is -0.456 e. The van der Waals surface area contributed by atoms with Crippen LogP contribution in [0.3, 0.4) is 0 Å². The number of hydrogen-bond acceptors (Lipinski definition) is 4. The first kappa shape index (κ1) is 21.2. The number of halogens is 2. The Kier molecular flexibility index (Phi) is 10.8. The highest BCUT2D eigenvalue weighted by atomic mass is 35.5. The van der Waals surface area contributed by atoms with E-state index < -0.39 is 0 Å². The summed E-state index contributed by atoms with van der Waals surface area (Å²) in [5.74, 6) is 1.27. The van der Waals surface area contributed by atoms with Crippen LogP contribution in [-0.4, -0.2) is 31.0 Å². The van der Waals surface area contributed by atoms with E-state index in [1.165, 1.54) is 0 Å². The van der Waals surface area contributed by atoms with Crippen LogP contribution in [0.15, 0.2) is 48.8 Å². The molecule has 0 saturated heterocycles. The van der Waals surface area contributed by atoms with Crippen molar-refractivity contribution >= 4 is 30.7 Å². The Morgan fingerprint density at radius 2 is 1.83 bits per heavy atom. The molecule has 0 saturated carbocycles. The average Bonchev–Trinajstić information content (AvgIpc) is 2.53. The van der Waals surface area contributed by atoms with Gasteiger partial charge >= 0.3 is 0 Å². The highest BCUT2D eigenvalue weighted by Crippen LogP contribution is 2.20. The van der Waals surface area contributed by atoms with Crippen molar-refractivity contribution in [3.05, 3.63) is 54.4 Å². The van der Waals surface area contributed by atoms with Crippen molar-refractivity contribution in [2.24, 2.45) is 0 Å². The zero-order chi connectivity index (χ0) is 14.9. The smallest absolute Gasteiger partial charge is 0.251 e. The number of aromatic nitrogens is 1. The van der Waals surface area contributed by atoms with Crippen LogP contribution in [0.25, 0.3) is 0 Å². The standard InChI is InChI=1S/C16H19N3O2.2ClH/c1-17-9-3-11-19-16(20)13-5-7-14(8-6-13)21-15-4-2-10-18-12-15;;/h2,4-8,10,12,17H,3,9,11H2,1H3,(H,19,20);2*1H. The summed E-state index contributed by atoms with van der Waals surface area (Å²) in [5.41, 5.74) is 0.623. The van der Waals surface area contributed by atoms with Crippen molar-refractivity contribution in [3.8, 4) is 11.5 Å². The molecule has 1 aromatic heterocycles. The van der Waals surface area contributed by atoms with E-state index in [0.717, 1.165) is 13.0 Å². The Labute approximate surface area is 148 Å². The molecule has 0 atom stereocenters. The molecule has 1 amide bonds. The minimum atomic E-state index is -0.0703. The molecule has 0 unspecified atom stereocenters. The maximum Gasteiger partial charge on any atom is 0.251 e. The molecule has 2 aromatic rings.